The highest BCUT2D eigenvalue weighted by molar-refractivity contribution is 6.06. The molecule has 2 heterocycles. The van der Waals surface area contributed by atoms with Gasteiger partial charge in [-0.2, -0.15) is 0 Å². The number of fused-ring (bicyclic) bond motifs is 3. The van der Waals surface area contributed by atoms with E-state index >= 15 is 0 Å². The van der Waals surface area contributed by atoms with Crippen LogP contribution in [0.15, 0.2) is 53.1 Å². The van der Waals surface area contributed by atoms with E-state index in [9.17, 15) is 0 Å². The molecule has 0 aromatic heterocycles. The van der Waals surface area contributed by atoms with Gasteiger partial charge in [0.1, 0.15) is 0 Å². The molecule has 0 aromatic rings. The molecule has 17 heavy (non-hydrogen) atoms. The highest BCUT2D eigenvalue weighted by Crippen LogP contribution is 2.37. The van der Waals surface area contributed by atoms with Crippen molar-refractivity contribution in [2.75, 3.05) is 7.05 Å². The van der Waals surface area contributed by atoms with E-state index in [1.807, 2.05) is 24.1 Å². The highest BCUT2D eigenvalue weighted by Gasteiger charge is 2.35. The third kappa shape index (κ3) is 1.78. The van der Waals surface area contributed by atoms with E-state index < -0.39 is 0 Å². The van der Waals surface area contributed by atoms with Gasteiger partial charge in [-0.1, -0.05) is 18.2 Å². The lowest BCUT2D eigenvalue weighted by molar-refractivity contribution is 0.558. The number of hydrogen-bond acceptors (Lipinski definition) is 3. The molecule has 2 aliphatic heterocycles. The topological polar surface area (TPSA) is 41.6 Å². The van der Waals surface area contributed by atoms with Crippen LogP contribution >= 0.6 is 0 Å². The maximum atomic E-state index is 5.92. The molecule has 3 aliphatic rings. The van der Waals surface area contributed by atoms with Crippen LogP contribution in [0.25, 0.3) is 0 Å². The van der Waals surface area contributed by atoms with Crippen molar-refractivity contribution in [2.24, 2.45) is 22.6 Å². The normalized spacial score (nSPS) is 28.2. The van der Waals surface area contributed by atoms with Gasteiger partial charge in [0, 0.05) is 25.1 Å². The summed E-state index contributed by atoms with van der Waals surface area (Å²) >= 11 is 0. The Bertz CT molecular complexity index is 489. The summed E-state index contributed by atoms with van der Waals surface area (Å²) in [5.41, 5.74) is 8.86. The largest absolute Gasteiger partial charge is 0.397 e. The van der Waals surface area contributed by atoms with Gasteiger partial charge in [-0.05, 0) is 12.3 Å². The molecule has 0 saturated heterocycles. The zero-order chi connectivity index (χ0) is 12.4. The molecule has 3 heteroatoms. The van der Waals surface area contributed by atoms with Crippen molar-refractivity contribution in [1.82, 2.24) is 4.90 Å². The number of hydrogen-bond donors (Lipinski definition) is 1. The van der Waals surface area contributed by atoms with Crippen LogP contribution in [0, 0.1) is 24.7 Å². The minimum Gasteiger partial charge on any atom is -0.397 e. The molecular formula is C14H15N3. The predicted molar refractivity (Wildman–Crippen MR) is 70.7 cm³/mol. The third-order valence-corrected chi connectivity index (χ3v) is 3.05. The van der Waals surface area contributed by atoms with Gasteiger partial charge >= 0.3 is 0 Å². The first-order valence-electron chi connectivity index (χ1n) is 5.44. The number of rotatable bonds is 0. The van der Waals surface area contributed by atoms with Crippen LogP contribution in [0.1, 0.15) is 0 Å². The fraction of sp³-hybridized carbons (Fsp3) is 0.214. The van der Waals surface area contributed by atoms with Gasteiger partial charge in [0.25, 0.3) is 0 Å². The van der Waals surface area contributed by atoms with Crippen molar-refractivity contribution >= 4 is 5.71 Å². The Kier molecular flexibility index (Phi) is 2.88. The maximum absolute atomic E-state index is 5.92. The third-order valence-electron chi connectivity index (χ3n) is 3.05. The SMILES string of the molecule is C#C.CN1C=CC2C(=C1)N=C1C(N)=CC=CC12. The molecule has 3 nitrogen and oxygen atoms in total. The number of nitrogens with two attached hydrogens (primary N) is 1. The second-order valence-corrected chi connectivity index (χ2v) is 4.12. The van der Waals surface area contributed by atoms with Crippen molar-refractivity contribution in [2.45, 2.75) is 0 Å². The van der Waals surface area contributed by atoms with Crippen molar-refractivity contribution in [3.05, 3.63) is 48.1 Å². The highest BCUT2D eigenvalue weighted by atomic mass is 15.1. The monoisotopic (exact) mass is 225 g/mol. The van der Waals surface area contributed by atoms with Gasteiger partial charge in [0.05, 0.1) is 17.1 Å². The molecular weight excluding hydrogens is 210 g/mol. The summed E-state index contributed by atoms with van der Waals surface area (Å²) in [6.07, 6.45) is 20.5. The first kappa shape index (κ1) is 11.3. The Balaban J connectivity index is 0.000000514. The molecule has 0 fully saturated rings. The van der Waals surface area contributed by atoms with Gasteiger partial charge in [-0.3, -0.25) is 4.99 Å². The number of allylic oxidation sites excluding steroid dienone is 5. The Morgan fingerprint density at radius 1 is 1.29 bits per heavy atom. The minimum absolute atomic E-state index is 0.339. The Hall–Kier alpha value is -2.21. The number of terminal acetylenes is 1. The quantitative estimate of drug-likeness (QED) is 0.637. The molecule has 0 spiro atoms. The fourth-order valence-corrected chi connectivity index (χ4v) is 2.29. The van der Waals surface area contributed by atoms with Crippen LogP contribution in [0.2, 0.25) is 0 Å². The lowest BCUT2D eigenvalue weighted by atomic mass is 9.85. The fourth-order valence-electron chi connectivity index (χ4n) is 2.29. The van der Waals surface area contributed by atoms with Crippen molar-refractivity contribution < 1.29 is 0 Å². The molecule has 2 unspecified atom stereocenters. The van der Waals surface area contributed by atoms with Crippen LogP contribution < -0.4 is 5.73 Å². The smallest absolute Gasteiger partial charge is 0.0715 e. The summed E-state index contributed by atoms with van der Waals surface area (Å²) in [4.78, 5) is 6.63. The molecule has 1 aliphatic carbocycles. The second-order valence-electron chi connectivity index (χ2n) is 4.12. The lowest BCUT2D eigenvalue weighted by Gasteiger charge is -2.22. The maximum Gasteiger partial charge on any atom is 0.0715 e. The Morgan fingerprint density at radius 2 is 2.06 bits per heavy atom. The summed E-state index contributed by atoms with van der Waals surface area (Å²) in [5.74, 6) is 0.714. The van der Waals surface area contributed by atoms with Crippen molar-refractivity contribution in [3.63, 3.8) is 0 Å². The number of aliphatic imine (C=N–C) groups is 1. The summed E-state index contributed by atoms with van der Waals surface area (Å²) in [7, 11) is 2.01. The molecule has 2 N–H and O–H groups in total. The molecule has 0 aromatic carbocycles. The molecule has 86 valence electrons. The number of nitrogens with zero attached hydrogens (tertiary/aromatic N) is 2. The molecule has 3 rings (SSSR count). The predicted octanol–water partition coefficient (Wildman–Crippen LogP) is 1.64. The van der Waals surface area contributed by atoms with E-state index in [-0.39, 0.29) is 0 Å². The van der Waals surface area contributed by atoms with E-state index in [0.717, 1.165) is 17.1 Å². The van der Waals surface area contributed by atoms with Crippen LogP contribution in [-0.4, -0.2) is 17.7 Å². The van der Waals surface area contributed by atoms with Crippen LogP contribution in [-0.2, 0) is 0 Å². The average Bonchev–Trinajstić information content (AvgIpc) is 2.71. The minimum atomic E-state index is 0.339. The average molecular weight is 225 g/mol. The van der Waals surface area contributed by atoms with E-state index in [2.05, 4.69) is 42.4 Å². The molecule has 0 amide bonds. The summed E-state index contributed by atoms with van der Waals surface area (Å²) in [5, 5.41) is 0. The van der Waals surface area contributed by atoms with Crippen LogP contribution in [0.4, 0.5) is 0 Å². The standard InChI is InChI=1S/C12H13N3.C2H2/c1-15-6-5-8-9-3-2-4-10(13)12(9)14-11(8)7-15;1-2/h2-9H,13H2,1H3;1-2H. The van der Waals surface area contributed by atoms with Gasteiger partial charge in [-0.15, -0.1) is 12.8 Å². The molecule has 0 radical (unpaired) electrons. The summed E-state index contributed by atoms with van der Waals surface area (Å²) in [6.45, 7) is 0. The van der Waals surface area contributed by atoms with Crippen molar-refractivity contribution in [3.8, 4) is 12.8 Å². The lowest BCUT2D eigenvalue weighted by Crippen LogP contribution is -2.24. The van der Waals surface area contributed by atoms with E-state index in [0.29, 0.717) is 11.8 Å². The molecule has 2 atom stereocenters. The second kappa shape index (κ2) is 4.34. The van der Waals surface area contributed by atoms with Crippen LogP contribution in [0.3, 0.4) is 0 Å². The zero-order valence-electron chi connectivity index (χ0n) is 9.75. The van der Waals surface area contributed by atoms with Gasteiger partial charge in [0.15, 0.2) is 0 Å². The zero-order valence-corrected chi connectivity index (χ0v) is 9.75. The first-order valence-corrected chi connectivity index (χ1v) is 5.44. The Labute approximate surface area is 102 Å². The van der Waals surface area contributed by atoms with Crippen molar-refractivity contribution in [1.29, 1.82) is 0 Å². The first-order chi connectivity index (χ1) is 8.25. The molecule has 0 saturated carbocycles. The van der Waals surface area contributed by atoms with Crippen LogP contribution in [0.5, 0.6) is 0 Å². The summed E-state index contributed by atoms with van der Waals surface area (Å²) < 4.78 is 0. The van der Waals surface area contributed by atoms with Gasteiger partial charge in [0.2, 0.25) is 0 Å². The van der Waals surface area contributed by atoms with E-state index in [4.69, 9.17) is 5.73 Å². The summed E-state index contributed by atoms with van der Waals surface area (Å²) in [6, 6.07) is 0. The van der Waals surface area contributed by atoms with E-state index in [1.165, 1.54) is 0 Å². The van der Waals surface area contributed by atoms with E-state index in [1.54, 1.807) is 0 Å². The van der Waals surface area contributed by atoms with Gasteiger partial charge in [-0.25, -0.2) is 0 Å². The van der Waals surface area contributed by atoms with Gasteiger partial charge < -0.3 is 10.6 Å². The Morgan fingerprint density at radius 3 is 2.82 bits per heavy atom. The molecule has 0 bridgehead atoms.